The van der Waals surface area contributed by atoms with Gasteiger partial charge >= 0.3 is 13.8 Å². The Kier molecular flexibility index (Phi) is 54.8. The Morgan fingerprint density at radius 2 is 0.792 bits per heavy atom. The Balaban J connectivity index is 5.22. The molecule has 2 N–H and O–H groups in total. The van der Waals surface area contributed by atoms with Gasteiger partial charge in [0.25, 0.3) is 0 Å². The zero-order chi connectivity index (χ0) is 56.4. The Hall–Kier alpha value is -2.55. The van der Waals surface area contributed by atoms with E-state index < -0.39 is 20.0 Å². The van der Waals surface area contributed by atoms with Gasteiger partial charge in [0.15, 0.2) is 0 Å². The fourth-order valence-electron chi connectivity index (χ4n) is 9.10. The van der Waals surface area contributed by atoms with Crippen molar-refractivity contribution in [3.63, 3.8) is 0 Å². The zero-order valence-corrected chi connectivity index (χ0v) is 52.1. The van der Waals surface area contributed by atoms with Crippen LogP contribution in [0.2, 0.25) is 0 Å². The van der Waals surface area contributed by atoms with E-state index in [-0.39, 0.29) is 31.5 Å². The van der Waals surface area contributed by atoms with E-state index in [9.17, 15) is 19.0 Å². The summed E-state index contributed by atoms with van der Waals surface area (Å²) in [5.41, 5.74) is 0. The third-order valence-electron chi connectivity index (χ3n) is 14.1. The van der Waals surface area contributed by atoms with E-state index in [0.29, 0.717) is 23.9 Å². The summed E-state index contributed by atoms with van der Waals surface area (Å²) in [6.07, 6.45) is 73.3. The molecule has 0 rings (SSSR count). The molecule has 0 aliphatic rings. The van der Waals surface area contributed by atoms with Gasteiger partial charge in [-0.3, -0.25) is 18.6 Å². The molecule has 3 unspecified atom stereocenters. The van der Waals surface area contributed by atoms with Crippen LogP contribution in [-0.2, 0) is 27.9 Å². The number of hydrogen-bond donors (Lipinski definition) is 2. The molecule has 1 amide bonds. The largest absolute Gasteiger partial charge is 0.472 e. The highest BCUT2D eigenvalue weighted by Crippen LogP contribution is 2.43. The number of unbranched alkanes of at least 4 members (excludes halogenated alkanes) is 32. The average molecular weight is 1100 g/mol. The summed E-state index contributed by atoms with van der Waals surface area (Å²) in [4.78, 5) is 37.7. The van der Waals surface area contributed by atoms with Crippen LogP contribution in [0.1, 0.15) is 290 Å². The Labute approximate surface area is 476 Å². The van der Waals surface area contributed by atoms with Gasteiger partial charge in [0, 0.05) is 12.8 Å². The lowest BCUT2D eigenvalue weighted by Gasteiger charge is -2.27. The smallest absolute Gasteiger partial charge is 0.456 e. The Morgan fingerprint density at radius 3 is 1.23 bits per heavy atom. The quantitative estimate of drug-likeness (QED) is 0.0205. The summed E-state index contributed by atoms with van der Waals surface area (Å²) < 4.78 is 30.7. The number of nitrogens with one attached hydrogen (secondary N) is 1. The van der Waals surface area contributed by atoms with Gasteiger partial charge in [-0.25, -0.2) is 4.57 Å². The van der Waals surface area contributed by atoms with Crippen molar-refractivity contribution in [2.75, 3.05) is 40.9 Å². The number of ether oxygens (including phenoxy) is 1. The number of carbonyl (C=O) groups is 2. The number of esters is 1. The molecule has 0 spiro atoms. The molecule has 0 saturated heterocycles. The third kappa shape index (κ3) is 57.9. The normalized spacial score (nSPS) is 14.1. The third-order valence-corrected chi connectivity index (χ3v) is 15.1. The van der Waals surface area contributed by atoms with Crippen LogP contribution in [0.15, 0.2) is 72.9 Å². The monoisotopic (exact) mass is 1100 g/mol. The molecule has 10 heteroatoms. The SMILES string of the molecule is CCCCC/C=C\C/C=C\C/C=C\C/C=C\CCCCCC(=O)NC(COP(=O)(O)OCC[N+](C)(C)C)C(/C=C/CCCCCCCCCCC)OC(=O)CCCCCCCCCCCCC/C=C/CCCCCCCC. The van der Waals surface area contributed by atoms with Gasteiger partial charge in [-0.05, 0) is 102 Å². The van der Waals surface area contributed by atoms with Gasteiger partial charge in [0.05, 0.1) is 33.8 Å². The summed E-state index contributed by atoms with van der Waals surface area (Å²) >= 11 is 0. The van der Waals surface area contributed by atoms with Gasteiger partial charge in [0.1, 0.15) is 19.3 Å². The molecule has 448 valence electrons. The molecule has 0 radical (unpaired) electrons. The number of quaternary nitrogens is 1. The minimum Gasteiger partial charge on any atom is -0.456 e. The van der Waals surface area contributed by atoms with Crippen molar-refractivity contribution in [2.24, 2.45) is 0 Å². The second-order valence-corrected chi connectivity index (χ2v) is 24.4. The van der Waals surface area contributed by atoms with Crippen molar-refractivity contribution in [2.45, 2.75) is 303 Å². The van der Waals surface area contributed by atoms with Crippen LogP contribution in [0.3, 0.4) is 0 Å². The molecule has 9 nitrogen and oxygen atoms in total. The Bertz CT molecular complexity index is 1550. The van der Waals surface area contributed by atoms with Crippen molar-refractivity contribution in [1.29, 1.82) is 0 Å². The van der Waals surface area contributed by atoms with Gasteiger partial charge in [-0.15, -0.1) is 0 Å². The topological polar surface area (TPSA) is 111 Å². The van der Waals surface area contributed by atoms with E-state index in [2.05, 4.69) is 86.8 Å². The van der Waals surface area contributed by atoms with E-state index in [1.807, 2.05) is 33.3 Å². The first-order chi connectivity index (χ1) is 37.4. The van der Waals surface area contributed by atoms with Gasteiger partial charge in [-0.2, -0.15) is 0 Å². The average Bonchev–Trinajstić information content (AvgIpc) is 3.39. The van der Waals surface area contributed by atoms with E-state index >= 15 is 0 Å². The molecule has 0 bridgehead atoms. The van der Waals surface area contributed by atoms with Crippen molar-refractivity contribution in [3.05, 3.63) is 72.9 Å². The molecule has 0 fully saturated rings. The number of phosphoric ester groups is 1. The van der Waals surface area contributed by atoms with E-state index in [1.54, 1.807) is 0 Å². The molecular weight excluding hydrogens is 976 g/mol. The predicted octanol–water partition coefficient (Wildman–Crippen LogP) is 20.0. The molecular formula is C67H124N2O7P+. The molecule has 0 heterocycles. The van der Waals surface area contributed by atoms with Crippen LogP contribution < -0.4 is 5.32 Å². The van der Waals surface area contributed by atoms with Crippen LogP contribution in [0.4, 0.5) is 0 Å². The summed E-state index contributed by atoms with van der Waals surface area (Å²) in [7, 11) is 1.47. The van der Waals surface area contributed by atoms with Crippen LogP contribution in [-0.4, -0.2) is 74.3 Å². The number of likely N-dealkylation sites (N-methyl/N-ethyl adjacent to an activating group) is 1. The highest BCUT2D eigenvalue weighted by Gasteiger charge is 2.30. The molecule has 0 aromatic carbocycles. The molecule has 0 aliphatic carbocycles. The maximum Gasteiger partial charge on any atom is 0.472 e. The number of amides is 1. The first-order valence-electron chi connectivity index (χ1n) is 32.3. The zero-order valence-electron chi connectivity index (χ0n) is 51.2. The lowest BCUT2D eigenvalue weighted by molar-refractivity contribution is -0.870. The predicted molar refractivity (Wildman–Crippen MR) is 332 cm³/mol. The highest BCUT2D eigenvalue weighted by atomic mass is 31.2. The molecule has 3 atom stereocenters. The first kappa shape index (κ1) is 74.5. The van der Waals surface area contributed by atoms with E-state index in [1.165, 1.54) is 173 Å². The van der Waals surface area contributed by atoms with E-state index in [4.69, 9.17) is 13.8 Å². The van der Waals surface area contributed by atoms with Crippen LogP contribution in [0, 0.1) is 0 Å². The lowest BCUT2D eigenvalue weighted by Crippen LogP contribution is -2.47. The summed E-state index contributed by atoms with van der Waals surface area (Å²) in [6.45, 7) is 6.96. The fourth-order valence-corrected chi connectivity index (χ4v) is 9.83. The number of allylic oxidation sites excluding steroid dienone is 11. The summed E-state index contributed by atoms with van der Waals surface area (Å²) in [6, 6.07) is -0.867. The molecule has 0 aromatic rings. The number of hydrogen-bond acceptors (Lipinski definition) is 6. The molecule has 77 heavy (non-hydrogen) atoms. The minimum atomic E-state index is -4.46. The maximum atomic E-state index is 13.5. The number of carbonyl (C=O) groups excluding carboxylic acids is 2. The summed E-state index contributed by atoms with van der Waals surface area (Å²) in [5.74, 6) is -0.538. The molecule has 0 aliphatic heterocycles. The lowest BCUT2D eigenvalue weighted by atomic mass is 10.0. The van der Waals surface area contributed by atoms with Crippen LogP contribution >= 0.6 is 7.82 Å². The fraction of sp³-hybridized carbons (Fsp3) is 0.791. The van der Waals surface area contributed by atoms with E-state index in [0.717, 1.165) is 77.0 Å². The number of nitrogens with zero attached hydrogens (tertiary/aromatic N) is 1. The van der Waals surface area contributed by atoms with Gasteiger partial charge in [0.2, 0.25) is 5.91 Å². The standard InChI is InChI=1S/C67H123N2O7P/c1-7-10-13-16-19-22-25-27-29-31-33-34-36-38-40-42-45-48-51-54-57-60-67(71)76-65(58-55-52-49-46-43-24-21-18-15-12-9-3)64(63-75-77(72,73)74-62-61-69(4,5)6)68-66(70)59-56-53-50-47-44-41-39-37-35-32-30-28-26-23-20-17-14-11-8-2/h20,23,27-30,35,37,41,44,55,58,64-65H,7-19,21-22,24-26,31-34,36,38-40,42-43,45-54,56-57,59-63H2,1-6H3,(H-,68,70,72,73)/p+1/b23-20-,29-27+,30-28-,37-35-,44-41-,58-55+. The second-order valence-electron chi connectivity index (χ2n) is 22.9. The highest BCUT2D eigenvalue weighted by molar-refractivity contribution is 7.47. The second kappa shape index (κ2) is 56.7. The number of phosphoric acid groups is 1. The summed E-state index contributed by atoms with van der Waals surface area (Å²) in [5, 5.41) is 3.04. The van der Waals surface area contributed by atoms with Crippen LogP contribution in [0.25, 0.3) is 0 Å². The van der Waals surface area contributed by atoms with Gasteiger partial charge < -0.3 is 19.4 Å². The van der Waals surface area contributed by atoms with Crippen molar-refractivity contribution in [3.8, 4) is 0 Å². The van der Waals surface area contributed by atoms with Gasteiger partial charge in [-0.1, -0.05) is 248 Å². The number of rotatable bonds is 58. The first-order valence-corrected chi connectivity index (χ1v) is 33.8. The molecule has 0 saturated carbocycles. The van der Waals surface area contributed by atoms with Crippen LogP contribution in [0.5, 0.6) is 0 Å². The molecule has 0 aromatic heterocycles. The minimum absolute atomic E-state index is 0.0318. The Morgan fingerprint density at radius 1 is 0.455 bits per heavy atom. The van der Waals surface area contributed by atoms with Crippen molar-refractivity contribution in [1.82, 2.24) is 5.32 Å². The maximum absolute atomic E-state index is 13.5. The van der Waals surface area contributed by atoms with Crippen molar-refractivity contribution < 1.29 is 37.3 Å². The van der Waals surface area contributed by atoms with Crippen molar-refractivity contribution >= 4 is 19.7 Å².